The van der Waals surface area contributed by atoms with Crippen molar-refractivity contribution in [3.8, 4) is 0 Å². The van der Waals surface area contributed by atoms with Gasteiger partial charge in [-0.2, -0.15) is 0 Å². The first kappa shape index (κ1) is 11.1. The fourth-order valence-corrected chi connectivity index (χ4v) is 1.25. The molecule has 0 saturated heterocycles. The molecule has 1 rings (SSSR count). The average Bonchev–Trinajstić information content (AvgIpc) is 2.26. The van der Waals surface area contributed by atoms with Gasteiger partial charge in [0, 0.05) is 31.5 Å². The molecule has 1 aromatic rings. The molecule has 14 heavy (non-hydrogen) atoms. The molecule has 0 aliphatic heterocycles. The van der Waals surface area contributed by atoms with Crippen LogP contribution in [-0.4, -0.2) is 36.1 Å². The van der Waals surface area contributed by atoms with E-state index in [1.807, 2.05) is 12.3 Å². The number of nitrogens with zero attached hydrogens (tertiary/aromatic N) is 2. The van der Waals surface area contributed by atoms with Gasteiger partial charge in [-0.1, -0.05) is 6.07 Å². The van der Waals surface area contributed by atoms with Gasteiger partial charge >= 0.3 is 0 Å². The number of nitrogens with two attached hydrogens (primary N) is 1. The Bertz CT molecular complexity index is 248. The maximum Gasteiger partial charge on any atom is 0.0300 e. The van der Waals surface area contributed by atoms with Gasteiger partial charge in [0.15, 0.2) is 0 Å². The van der Waals surface area contributed by atoms with Crippen LogP contribution < -0.4 is 5.73 Å². The van der Waals surface area contributed by atoms with E-state index in [-0.39, 0.29) is 0 Å². The fourth-order valence-electron chi connectivity index (χ4n) is 1.25. The first-order chi connectivity index (χ1) is 6.74. The lowest BCUT2D eigenvalue weighted by atomic mass is 10.2. The van der Waals surface area contributed by atoms with E-state index in [2.05, 4.69) is 29.9 Å². The molecule has 0 aromatic carbocycles. The second-order valence-electron chi connectivity index (χ2n) is 3.68. The van der Waals surface area contributed by atoms with Crippen LogP contribution in [0.5, 0.6) is 0 Å². The summed E-state index contributed by atoms with van der Waals surface area (Å²) in [5, 5.41) is 0. The molecule has 0 bridgehead atoms. The van der Waals surface area contributed by atoms with Crippen molar-refractivity contribution in [3.05, 3.63) is 30.1 Å². The zero-order valence-corrected chi connectivity index (χ0v) is 8.98. The van der Waals surface area contributed by atoms with Crippen molar-refractivity contribution in [1.82, 2.24) is 9.88 Å². The molecule has 3 nitrogen and oxygen atoms in total. The Morgan fingerprint density at radius 1 is 1.57 bits per heavy atom. The second kappa shape index (κ2) is 5.73. The van der Waals surface area contributed by atoms with Crippen LogP contribution in [0.25, 0.3) is 0 Å². The van der Waals surface area contributed by atoms with E-state index < -0.39 is 0 Å². The van der Waals surface area contributed by atoms with Crippen LogP contribution in [0.15, 0.2) is 24.5 Å². The minimum Gasteiger partial charge on any atom is -0.329 e. The Balaban J connectivity index is 2.34. The molecule has 1 aromatic heterocycles. The number of pyridine rings is 1. The van der Waals surface area contributed by atoms with E-state index in [4.69, 9.17) is 5.73 Å². The lowest BCUT2D eigenvalue weighted by Crippen LogP contribution is -2.36. The third-order valence-corrected chi connectivity index (χ3v) is 2.57. The third kappa shape index (κ3) is 3.44. The lowest BCUT2D eigenvalue weighted by Gasteiger charge is -2.22. The molecule has 0 aliphatic rings. The quantitative estimate of drug-likeness (QED) is 0.755. The average molecular weight is 193 g/mol. The molecule has 0 spiro atoms. The number of likely N-dealkylation sites (N-methyl/N-ethyl adjacent to an activating group) is 1. The first-order valence-corrected chi connectivity index (χ1v) is 5.03. The summed E-state index contributed by atoms with van der Waals surface area (Å²) in [5.74, 6) is 0. The van der Waals surface area contributed by atoms with Gasteiger partial charge in [0.05, 0.1) is 0 Å². The van der Waals surface area contributed by atoms with E-state index in [0.717, 1.165) is 13.0 Å². The smallest absolute Gasteiger partial charge is 0.0300 e. The van der Waals surface area contributed by atoms with Gasteiger partial charge in [-0.3, -0.25) is 4.98 Å². The van der Waals surface area contributed by atoms with Crippen LogP contribution in [0.1, 0.15) is 12.5 Å². The molecule has 0 radical (unpaired) electrons. The maximum atomic E-state index is 5.59. The van der Waals surface area contributed by atoms with Gasteiger partial charge in [-0.25, -0.2) is 0 Å². The molecule has 2 N–H and O–H groups in total. The summed E-state index contributed by atoms with van der Waals surface area (Å²) >= 11 is 0. The highest BCUT2D eigenvalue weighted by atomic mass is 15.1. The highest BCUT2D eigenvalue weighted by molar-refractivity contribution is 5.08. The SMILES string of the molecule is CC(CN)N(C)CCc1cccnc1. The van der Waals surface area contributed by atoms with Crippen LogP contribution in [-0.2, 0) is 6.42 Å². The second-order valence-corrected chi connectivity index (χ2v) is 3.68. The van der Waals surface area contributed by atoms with Gasteiger partial charge in [-0.15, -0.1) is 0 Å². The summed E-state index contributed by atoms with van der Waals surface area (Å²) in [5.41, 5.74) is 6.87. The molecule has 1 heterocycles. The zero-order valence-electron chi connectivity index (χ0n) is 8.98. The van der Waals surface area contributed by atoms with Crippen molar-refractivity contribution >= 4 is 0 Å². The highest BCUT2D eigenvalue weighted by Gasteiger charge is 2.06. The number of rotatable bonds is 5. The van der Waals surface area contributed by atoms with Crippen molar-refractivity contribution in [2.24, 2.45) is 5.73 Å². The fraction of sp³-hybridized carbons (Fsp3) is 0.545. The number of aromatic nitrogens is 1. The Kier molecular flexibility index (Phi) is 4.56. The summed E-state index contributed by atoms with van der Waals surface area (Å²) in [6, 6.07) is 4.53. The van der Waals surface area contributed by atoms with E-state index >= 15 is 0 Å². The van der Waals surface area contributed by atoms with Crippen LogP contribution in [0, 0.1) is 0 Å². The monoisotopic (exact) mass is 193 g/mol. The Labute approximate surface area is 85.9 Å². The Morgan fingerprint density at radius 2 is 2.36 bits per heavy atom. The standard InChI is InChI=1S/C11H19N3/c1-10(8-12)14(2)7-5-11-4-3-6-13-9-11/h3-4,6,9-10H,5,7-8,12H2,1-2H3. The predicted octanol–water partition coefficient (Wildman–Crippen LogP) is 0.903. The molecule has 1 atom stereocenters. The largest absolute Gasteiger partial charge is 0.329 e. The highest BCUT2D eigenvalue weighted by Crippen LogP contribution is 2.00. The minimum atomic E-state index is 0.451. The van der Waals surface area contributed by atoms with E-state index in [1.165, 1.54) is 5.56 Å². The zero-order chi connectivity index (χ0) is 10.4. The third-order valence-electron chi connectivity index (χ3n) is 2.57. The molecule has 0 fully saturated rings. The summed E-state index contributed by atoms with van der Waals surface area (Å²) < 4.78 is 0. The maximum absolute atomic E-state index is 5.59. The number of hydrogen-bond acceptors (Lipinski definition) is 3. The molecule has 0 amide bonds. The predicted molar refractivity (Wildman–Crippen MR) is 59.1 cm³/mol. The molecule has 3 heteroatoms. The minimum absolute atomic E-state index is 0.451. The lowest BCUT2D eigenvalue weighted by molar-refractivity contribution is 0.266. The summed E-state index contributed by atoms with van der Waals surface area (Å²) in [6.07, 6.45) is 4.76. The van der Waals surface area contributed by atoms with E-state index in [1.54, 1.807) is 6.20 Å². The molecule has 78 valence electrons. The van der Waals surface area contributed by atoms with Crippen LogP contribution >= 0.6 is 0 Å². The van der Waals surface area contributed by atoms with Crippen molar-refractivity contribution < 1.29 is 0 Å². The van der Waals surface area contributed by atoms with Crippen molar-refractivity contribution in [2.45, 2.75) is 19.4 Å². The van der Waals surface area contributed by atoms with Gasteiger partial charge in [0.2, 0.25) is 0 Å². The normalized spacial score (nSPS) is 13.1. The van der Waals surface area contributed by atoms with Crippen molar-refractivity contribution in [2.75, 3.05) is 20.1 Å². The van der Waals surface area contributed by atoms with Gasteiger partial charge in [0.1, 0.15) is 0 Å². The molecular formula is C11H19N3. The van der Waals surface area contributed by atoms with E-state index in [9.17, 15) is 0 Å². The topological polar surface area (TPSA) is 42.1 Å². The van der Waals surface area contributed by atoms with Crippen LogP contribution in [0.4, 0.5) is 0 Å². The summed E-state index contributed by atoms with van der Waals surface area (Å²) in [6.45, 7) is 3.89. The van der Waals surface area contributed by atoms with Gasteiger partial charge in [0.25, 0.3) is 0 Å². The molecular weight excluding hydrogens is 174 g/mol. The van der Waals surface area contributed by atoms with Crippen LogP contribution in [0.2, 0.25) is 0 Å². The molecule has 0 aliphatic carbocycles. The van der Waals surface area contributed by atoms with Crippen LogP contribution in [0.3, 0.4) is 0 Å². The summed E-state index contributed by atoms with van der Waals surface area (Å²) in [7, 11) is 2.11. The van der Waals surface area contributed by atoms with Crippen molar-refractivity contribution in [3.63, 3.8) is 0 Å². The number of hydrogen-bond donors (Lipinski definition) is 1. The molecule has 0 saturated carbocycles. The Morgan fingerprint density at radius 3 is 2.93 bits per heavy atom. The van der Waals surface area contributed by atoms with Crippen molar-refractivity contribution in [1.29, 1.82) is 0 Å². The van der Waals surface area contributed by atoms with Gasteiger partial charge in [-0.05, 0) is 32.0 Å². The van der Waals surface area contributed by atoms with Gasteiger partial charge < -0.3 is 10.6 Å². The summed E-state index contributed by atoms with van der Waals surface area (Å²) in [4.78, 5) is 6.36. The first-order valence-electron chi connectivity index (χ1n) is 5.03. The molecule has 1 unspecified atom stereocenters. The Hall–Kier alpha value is -0.930. The van der Waals surface area contributed by atoms with E-state index in [0.29, 0.717) is 12.6 Å².